The third kappa shape index (κ3) is 4.54. The Balaban J connectivity index is 1.29. The quantitative estimate of drug-likeness (QED) is 0.700. The van der Waals surface area contributed by atoms with Crippen molar-refractivity contribution in [1.29, 1.82) is 0 Å². The molecule has 0 saturated carbocycles. The molecule has 5 rings (SSSR count). The molecule has 1 aromatic carbocycles. The second-order valence-corrected chi connectivity index (χ2v) is 10.1. The first-order chi connectivity index (χ1) is 15.5. The van der Waals surface area contributed by atoms with Crippen molar-refractivity contribution in [1.82, 2.24) is 4.90 Å². The number of halogens is 1. The Kier molecular flexibility index (Phi) is 6.19. The summed E-state index contributed by atoms with van der Waals surface area (Å²) in [5.74, 6) is 1.29. The third-order valence-corrected chi connectivity index (χ3v) is 7.71. The van der Waals surface area contributed by atoms with Gasteiger partial charge in [0.15, 0.2) is 5.76 Å². The van der Waals surface area contributed by atoms with Gasteiger partial charge in [-0.3, -0.25) is 4.79 Å². The lowest BCUT2D eigenvalue weighted by molar-refractivity contribution is 0.0799. The van der Waals surface area contributed by atoms with Crippen LogP contribution in [-0.2, 0) is 4.74 Å². The molecule has 0 atom stereocenters. The Morgan fingerprint density at radius 3 is 2.56 bits per heavy atom. The predicted octanol–water partition coefficient (Wildman–Crippen LogP) is 5.00. The summed E-state index contributed by atoms with van der Waals surface area (Å²) in [5, 5.41) is 3.67. The van der Waals surface area contributed by atoms with Gasteiger partial charge in [0.2, 0.25) is 0 Å². The average molecular weight is 458 g/mol. The van der Waals surface area contributed by atoms with E-state index in [2.05, 4.69) is 22.2 Å². The number of hydrogen-bond donors (Lipinski definition) is 1. The van der Waals surface area contributed by atoms with Gasteiger partial charge in [0.05, 0.1) is 11.4 Å². The summed E-state index contributed by atoms with van der Waals surface area (Å²) in [6.07, 6.45) is 5.51. The van der Waals surface area contributed by atoms with Crippen LogP contribution < -0.4 is 10.2 Å². The first kappa shape index (κ1) is 21.8. The number of carbonyl (C=O) groups excluding carboxylic acids is 1. The smallest absolute Gasteiger partial charge is 0.291 e. The first-order valence-corrected chi connectivity index (χ1v) is 12.1. The van der Waals surface area contributed by atoms with Crippen molar-refractivity contribution in [3.63, 3.8) is 0 Å². The molecule has 0 bridgehead atoms. The summed E-state index contributed by atoms with van der Waals surface area (Å²) in [4.78, 5) is 17.8. The zero-order valence-electron chi connectivity index (χ0n) is 18.7. The first-order valence-electron chi connectivity index (χ1n) is 11.7. The van der Waals surface area contributed by atoms with Gasteiger partial charge in [0.25, 0.3) is 5.91 Å². The molecule has 3 aliphatic heterocycles. The number of furan rings is 1. The van der Waals surface area contributed by atoms with Gasteiger partial charge >= 0.3 is 0 Å². The Labute approximate surface area is 194 Å². The maximum Gasteiger partial charge on any atom is 0.291 e. The molecule has 3 fully saturated rings. The van der Waals surface area contributed by atoms with Crippen LogP contribution in [0.3, 0.4) is 0 Å². The average Bonchev–Trinajstić information content (AvgIpc) is 3.43. The Morgan fingerprint density at radius 2 is 1.84 bits per heavy atom. The predicted molar refractivity (Wildman–Crippen MR) is 127 cm³/mol. The van der Waals surface area contributed by atoms with Crippen LogP contribution in [0.4, 0.5) is 11.4 Å². The monoisotopic (exact) mass is 457 g/mol. The van der Waals surface area contributed by atoms with Gasteiger partial charge in [-0.25, -0.2) is 0 Å². The van der Waals surface area contributed by atoms with Crippen LogP contribution in [0.2, 0.25) is 5.02 Å². The molecular weight excluding hydrogens is 426 g/mol. The van der Waals surface area contributed by atoms with Gasteiger partial charge in [0, 0.05) is 43.8 Å². The van der Waals surface area contributed by atoms with E-state index in [1.54, 1.807) is 6.07 Å². The summed E-state index contributed by atoms with van der Waals surface area (Å²) < 4.78 is 11.4. The number of hydrogen-bond acceptors (Lipinski definition) is 5. The lowest BCUT2D eigenvalue weighted by Gasteiger charge is -2.41. The fourth-order valence-corrected chi connectivity index (χ4v) is 5.71. The summed E-state index contributed by atoms with van der Waals surface area (Å²) in [6.45, 7) is 5.86. The maximum absolute atomic E-state index is 13.0. The number of nitrogens with one attached hydrogen (secondary N) is 1. The molecule has 1 spiro atoms. The molecule has 1 aromatic heterocycles. The fraction of sp³-hybridized carbons (Fsp3) is 0.560. The Hall–Kier alpha value is -2.02. The third-order valence-electron chi connectivity index (χ3n) is 7.48. The van der Waals surface area contributed by atoms with Gasteiger partial charge in [0.1, 0.15) is 5.76 Å². The van der Waals surface area contributed by atoms with E-state index in [-0.39, 0.29) is 5.91 Å². The van der Waals surface area contributed by atoms with Crippen molar-refractivity contribution >= 4 is 28.9 Å². The van der Waals surface area contributed by atoms with Crippen molar-refractivity contribution in [3.8, 4) is 0 Å². The number of amides is 1. The van der Waals surface area contributed by atoms with Crippen LogP contribution in [0.25, 0.3) is 0 Å². The molecule has 1 amide bonds. The minimum atomic E-state index is -0.238. The highest BCUT2D eigenvalue weighted by molar-refractivity contribution is 6.31. The number of benzene rings is 1. The van der Waals surface area contributed by atoms with Gasteiger partial charge in [-0.05, 0) is 81.4 Å². The molecule has 32 heavy (non-hydrogen) atoms. The van der Waals surface area contributed by atoms with Crippen LogP contribution in [0.15, 0.2) is 34.7 Å². The highest BCUT2D eigenvalue weighted by Crippen LogP contribution is 2.42. The van der Waals surface area contributed by atoms with Crippen LogP contribution >= 0.6 is 11.6 Å². The van der Waals surface area contributed by atoms with Gasteiger partial charge < -0.3 is 24.3 Å². The molecule has 7 heteroatoms. The zero-order chi connectivity index (χ0) is 22.1. The standard InChI is InChI=1S/C25H32ClN3O3/c1-28-11-8-25(17-28)9-12-29(13-10-25)21-3-2-19(26)16-20(21)27-24(30)23-5-4-22(32-23)18-6-14-31-15-7-18/h2-5,16,18H,6-15,17H2,1H3,(H,27,30). The molecule has 6 nitrogen and oxygen atoms in total. The molecule has 2 aromatic rings. The lowest BCUT2D eigenvalue weighted by Crippen LogP contribution is -2.41. The van der Waals surface area contributed by atoms with Crippen molar-refractivity contribution in [2.75, 3.05) is 56.7 Å². The molecule has 3 aliphatic rings. The van der Waals surface area contributed by atoms with Crippen LogP contribution in [-0.4, -0.2) is 57.2 Å². The van der Waals surface area contributed by atoms with Gasteiger partial charge in [-0.2, -0.15) is 0 Å². The summed E-state index contributed by atoms with van der Waals surface area (Å²) in [7, 11) is 2.22. The summed E-state index contributed by atoms with van der Waals surface area (Å²) >= 11 is 6.29. The van der Waals surface area contributed by atoms with E-state index < -0.39 is 0 Å². The number of likely N-dealkylation sites (tertiary alicyclic amines) is 1. The highest BCUT2D eigenvalue weighted by Gasteiger charge is 2.39. The van der Waals surface area contributed by atoms with E-state index in [1.807, 2.05) is 24.3 Å². The Bertz CT molecular complexity index is 961. The lowest BCUT2D eigenvalue weighted by atomic mass is 9.77. The van der Waals surface area contributed by atoms with E-state index in [1.165, 1.54) is 32.4 Å². The van der Waals surface area contributed by atoms with Gasteiger partial charge in [-0.1, -0.05) is 11.6 Å². The minimum absolute atomic E-state index is 0.238. The van der Waals surface area contributed by atoms with E-state index in [9.17, 15) is 4.79 Å². The molecule has 3 saturated heterocycles. The second-order valence-electron chi connectivity index (χ2n) is 9.68. The van der Waals surface area contributed by atoms with Crippen molar-refractivity contribution < 1.29 is 13.9 Å². The van der Waals surface area contributed by atoms with Crippen LogP contribution in [0.1, 0.15) is 54.3 Å². The second kappa shape index (κ2) is 9.08. The molecule has 1 N–H and O–H groups in total. The van der Waals surface area contributed by atoms with Crippen molar-refractivity contribution in [2.24, 2.45) is 5.41 Å². The fourth-order valence-electron chi connectivity index (χ4n) is 5.53. The number of piperidine rings is 1. The number of rotatable bonds is 4. The minimum Gasteiger partial charge on any atom is -0.456 e. The largest absolute Gasteiger partial charge is 0.456 e. The molecule has 4 heterocycles. The van der Waals surface area contributed by atoms with Crippen LogP contribution in [0, 0.1) is 5.41 Å². The number of ether oxygens (including phenoxy) is 1. The molecule has 0 radical (unpaired) electrons. The SMILES string of the molecule is CN1CCC2(CCN(c3ccc(Cl)cc3NC(=O)c3ccc(C4CCOCC4)o3)CC2)C1. The van der Waals surface area contributed by atoms with Crippen molar-refractivity contribution in [3.05, 3.63) is 46.9 Å². The van der Waals surface area contributed by atoms with Crippen LogP contribution in [0.5, 0.6) is 0 Å². The van der Waals surface area contributed by atoms with E-state index in [0.717, 1.165) is 56.3 Å². The zero-order valence-corrected chi connectivity index (χ0v) is 19.5. The molecule has 0 unspecified atom stereocenters. The topological polar surface area (TPSA) is 58.0 Å². The number of carbonyl (C=O) groups is 1. The Morgan fingerprint density at radius 1 is 1.09 bits per heavy atom. The van der Waals surface area contributed by atoms with E-state index in [0.29, 0.717) is 22.1 Å². The normalized spacial score (nSPS) is 21.9. The number of anilines is 2. The summed E-state index contributed by atoms with van der Waals surface area (Å²) in [5.41, 5.74) is 2.22. The maximum atomic E-state index is 13.0. The number of nitrogens with zero attached hydrogens (tertiary/aromatic N) is 2. The molecule has 172 valence electrons. The van der Waals surface area contributed by atoms with Gasteiger partial charge in [-0.15, -0.1) is 0 Å². The molecular formula is C25H32ClN3O3. The van der Waals surface area contributed by atoms with E-state index in [4.69, 9.17) is 20.8 Å². The van der Waals surface area contributed by atoms with Crippen molar-refractivity contribution in [2.45, 2.75) is 38.0 Å². The summed E-state index contributed by atoms with van der Waals surface area (Å²) in [6, 6.07) is 9.45. The molecule has 0 aliphatic carbocycles. The van der Waals surface area contributed by atoms with E-state index >= 15 is 0 Å². The highest BCUT2D eigenvalue weighted by atomic mass is 35.5.